The number of hydrogen-bond donors (Lipinski definition) is 1. The number of rotatable bonds is 2. The summed E-state index contributed by atoms with van der Waals surface area (Å²) in [7, 11) is 0. The molecular weight excluding hydrogens is 264 g/mol. The largest absolute Gasteiger partial charge is 0.481 e. The van der Waals surface area contributed by atoms with Gasteiger partial charge in [0.1, 0.15) is 0 Å². The van der Waals surface area contributed by atoms with Gasteiger partial charge in [-0.1, -0.05) is 34.1 Å². The van der Waals surface area contributed by atoms with E-state index in [2.05, 4.69) is 15.9 Å². The van der Waals surface area contributed by atoms with Crippen LogP contribution in [0.3, 0.4) is 0 Å². The smallest absolute Gasteiger partial charge is 0.308 e. The molecule has 1 saturated heterocycles. The number of halogens is 1. The Labute approximate surface area is 94.8 Å². The van der Waals surface area contributed by atoms with Crippen LogP contribution >= 0.6 is 27.7 Å². The van der Waals surface area contributed by atoms with Gasteiger partial charge in [0, 0.05) is 15.5 Å². The van der Waals surface area contributed by atoms with Gasteiger partial charge in [0.25, 0.3) is 0 Å². The van der Waals surface area contributed by atoms with Crippen molar-refractivity contribution in [2.24, 2.45) is 5.92 Å². The minimum absolute atomic E-state index is 0.114. The van der Waals surface area contributed by atoms with Crippen molar-refractivity contribution < 1.29 is 9.90 Å². The van der Waals surface area contributed by atoms with Gasteiger partial charge >= 0.3 is 5.97 Å². The van der Waals surface area contributed by atoms with Gasteiger partial charge in [-0.25, -0.2) is 0 Å². The minimum atomic E-state index is -0.690. The molecule has 14 heavy (non-hydrogen) atoms. The molecule has 0 saturated carbocycles. The van der Waals surface area contributed by atoms with Gasteiger partial charge < -0.3 is 5.11 Å². The Hall–Kier alpha value is -0.480. The minimum Gasteiger partial charge on any atom is -0.481 e. The highest BCUT2D eigenvalue weighted by atomic mass is 79.9. The molecular formula is C10H9BrO2S. The Morgan fingerprint density at radius 3 is 2.71 bits per heavy atom. The molecule has 1 heterocycles. The molecule has 2 nitrogen and oxygen atoms in total. The zero-order valence-electron chi connectivity index (χ0n) is 7.31. The molecule has 1 N–H and O–H groups in total. The van der Waals surface area contributed by atoms with Gasteiger partial charge in [0.05, 0.1) is 5.92 Å². The van der Waals surface area contributed by atoms with E-state index in [0.29, 0.717) is 0 Å². The van der Waals surface area contributed by atoms with Crippen LogP contribution in [0.2, 0.25) is 0 Å². The quantitative estimate of drug-likeness (QED) is 0.900. The van der Waals surface area contributed by atoms with Crippen LogP contribution in [0.4, 0.5) is 0 Å². The molecule has 0 amide bonds. The monoisotopic (exact) mass is 272 g/mol. The van der Waals surface area contributed by atoms with E-state index in [-0.39, 0.29) is 11.2 Å². The van der Waals surface area contributed by atoms with Crippen molar-refractivity contribution in [3.8, 4) is 0 Å². The first-order chi connectivity index (χ1) is 6.70. The second kappa shape index (κ2) is 3.95. The first-order valence-corrected chi connectivity index (χ1v) is 6.13. The molecule has 2 unspecified atom stereocenters. The second-order valence-corrected chi connectivity index (χ2v) is 5.25. The lowest BCUT2D eigenvalue weighted by atomic mass is 9.99. The van der Waals surface area contributed by atoms with Crippen LogP contribution in [-0.4, -0.2) is 16.8 Å². The fourth-order valence-electron chi connectivity index (χ4n) is 1.50. The average molecular weight is 273 g/mol. The van der Waals surface area contributed by atoms with Crippen LogP contribution in [-0.2, 0) is 4.79 Å². The van der Waals surface area contributed by atoms with Crippen LogP contribution in [0, 0.1) is 5.92 Å². The van der Waals surface area contributed by atoms with Crippen molar-refractivity contribution in [2.45, 2.75) is 5.25 Å². The van der Waals surface area contributed by atoms with Crippen molar-refractivity contribution in [1.82, 2.24) is 0 Å². The third-order valence-electron chi connectivity index (χ3n) is 2.35. The Kier molecular flexibility index (Phi) is 2.83. The molecule has 1 aromatic carbocycles. The summed E-state index contributed by atoms with van der Waals surface area (Å²) in [6.07, 6.45) is 0. The third-order valence-corrected chi connectivity index (χ3v) is 4.57. The maximum Gasteiger partial charge on any atom is 0.308 e. The first kappa shape index (κ1) is 10.1. The number of benzene rings is 1. The number of aliphatic carboxylic acids is 1. The van der Waals surface area contributed by atoms with Gasteiger partial charge in [-0.2, -0.15) is 11.8 Å². The Bertz CT molecular complexity index is 367. The Balaban J connectivity index is 2.24. The van der Waals surface area contributed by atoms with Gasteiger partial charge in [-0.15, -0.1) is 0 Å². The van der Waals surface area contributed by atoms with Crippen molar-refractivity contribution in [1.29, 1.82) is 0 Å². The predicted octanol–water partition coefficient (Wildman–Crippen LogP) is 2.94. The average Bonchev–Trinajstić information content (AvgIpc) is 2.05. The summed E-state index contributed by atoms with van der Waals surface area (Å²) in [4.78, 5) is 10.8. The number of carboxylic acids is 1. The van der Waals surface area contributed by atoms with Crippen LogP contribution in [0.25, 0.3) is 0 Å². The van der Waals surface area contributed by atoms with Crippen molar-refractivity contribution in [3.63, 3.8) is 0 Å². The van der Waals surface area contributed by atoms with E-state index in [4.69, 9.17) is 5.11 Å². The van der Waals surface area contributed by atoms with E-state index < -0.39 is 5.97 Å². The summed E-state index contributed by atoms with van der Waals surface area (Å²) in [5.41, 5.74) is 1.09. The highest BCUT2D eigenvalue weighted by molar-refractivity contribution is 9.10. The summed E-state index contributed by atoms with van der Waals surface area (Å²) in [6, 6.07) is 7.81. The van der Waals surface area contributed by atoms with Crippen LogP contribution in [0.15, 0.2) is 28.7 Å². The van der Waals surface area contributed by atoms with E-state index >= 15 is 0 Å². The molecule has 0 aliphatic carbocycles. The lowest BCUT2D eigenvalue weighted by molar-refractivity contribution is -0.141. The van der Waals surface area contributed by atoms with Gasteiger partial charge in [0.2, 0.25) is 0 Å². The second-order valence-electron chi connectivity index (χ2n) is 3.22. The first-order valence-electron chi connectivity index (χ1n) is 4.29. The van der Waals surface area contributed by atoms with E-state index in [9.17, 15) is 4.79 Å². The highest BCUT2D eigenvalue weighted by Crippen LogP contribution is 2.49. The SMILES string of the molecule is O=C(O)C1CSC1c1ccccc1Br. The molecule has 1 aliphatic rings. The lowest BCUT2D eigenvalue weighted by Crippen LogP contribution is -2.31. The maximum atomic E-state index is 10.8. The topological polar surface area (TPSA) is 37.3 Å². The van der Waals surface area contributed by atoms with Crippen LogP contribution < -0.4 is 0 Å². The van der Waals surface area contributed by atoms with E-state index in [0.717, 1.165) is 15.8 Å². The molecule has 2 rings (SSSR count). The predicted molar refractivity (Wildman–Crippen MR) is 60.5 cm³/mol. The number of carbonyl (C=O) groups is 1. The van der Waals surface area contributed by atoms with Gasteiger partial charge in [-0.3, -0.25) is 4.79 Å². The highest BCUT2D eigenvalue weighted by Gasteiger charge is 2.39. The molecule has 4 heteroatoms. The molecule has 1 aromatic rings. The molecule has 1 fully saturated rings. The summed E-state index contributed by atoms with van der Waals surface area (Å²) in [5.74, 6) is -0.190. The van der Waals surface area contributed by atoms with E-state index in [1.165, 1.54) is 0 Å². The Morgan fingerprint density at radius 1 is 1.50 bits per heavy atom. The summed E-state index contributed by atoms with van der Waals surface area (Å²) < 4.78 is 1.00. The summed E-state index contributed by atoms with van der Waals surface area (Å²) in [5, 5.41) is 9.04. The van der Waals surface area contributed by atoms with Crippen molar-refractivity contribution in [3.05, 3.63) is 34.3 Å². The van der Waals surface area contributed by atoms with Crippen molar-refractivity contribution >= 4 is 33.7 Å². The zero-order chi connectivity index (χ0) is 10.1. The Morgan fingerprint density at radius 2 is 2.21 bits per heavy atom. The molecule has 0 aromatic heterocycles. The summed E-state index contributed by atoms with van der Waals surface area (Å²) >= 11 is 5.14. The fourth-order valence-corrected chi connectivity index (χ4v) is 3.41. The molecule has 0 bridgehead atoms. The van der Waals surface area contributed by atoms with Gasteiger partial charge in [0.15, 0.2) is 0 Å². The molecule has 1 aliphatic heterocycles. The lowest BCUT2D eigenvalue weighted by Gasteiger charge is -2.33. The summed E-state index contributed by atoms with van der Waals surface area (Å²) in [6.45, 7) is 0. The van der Waals surface area contributed by atoms with E-state index in [1.807, 2.05) is 24.3 Å². The number of carboxylic acid groups (broad SMARTS) is 1. The molecule has 0 radical (unpaired) electrons. The standard InChI is InChI=1S/C10H9BrO2S/c11-8-4-2-1-3-6(8)9-7(5-14-9)10(12)13/h1-4,7,9H,5H2,(H,12,13). The van der Waals surface area contributed by atoms with E-state index in [1.54, 1.807) is 11.8 Å². The third kappa shape index (κ3) is 1.68. The normalized spacial score (nSPS) is 25.5. The molecule has 74 valence electrons. The molecule has 0 spiro atoms. The molecule has 2 atom stereocenters. The fraction of sp³-hybridized carbons (Fsp3) is 0.300. The zero-order valence-corrected chi connectivity index (χ0v) is 9.72. The van der Waals surface area contributed by atoms with Crippen LogP contribution in [0.5, 0.6) is 0 Å². The van der Waals surface area contributed by atoms with Crippen molar-refractivity contribution in [2.75, 3.05) is 5.75 Å². The van der Waals surface area contributed by atoms with Gasteiger partial charge in [-0.05, 0) is 11.6 Å². The number of hydrogen-bond acceptors (Lipinski definition) is 2. The maximum absolute atomic E-state index is 10.8. The van der Waals surface area contributed by atoms with Crippen LogP contribution in [0.1, 0.15) is 10.8 Å². The number of thioether (sulfide) groups is 1.